The summed E-state index contributed by atoms with van der Waals surface area (Å²) in [5, 5.41) is 17.1. The van der Waals surface area contributed by atoms with Crippen molar-refractivity contribution < 1.29 is 9.90 Å². The second-order valence-electron chi connectivity index (χ2n) is 10.1. The number of amides is 1. The largest absolute Gasteiger partial charge is 0.508 e. The molecule has 2 aliphatic rings. The van der Waals surface area contributed by atoms with Crippen LogP contribution in [0.4, 0.5) is 11.4 Å². The van der Waals surface area contributed by atoms with Gasteiger partial charge in [-0.2, -0.15) is 0 Å². The van der Waals surface area contributed by atoms with Gasteiger partial charge in [0.15, 0.2) is 0 Å². The highest BCUT2D eigenvalue weighted by Crippen LogP contribution is 2.51. The van der Waals surface area contributed by atoms with E-state index >= 15 is 0 Å². The van der Waals surface area contributed by atoms with Gasteiger partial charge in [-0.05, 0) is 65.3 Å². The number of hydrogen-bond donors (Lipinski definition) is 3. The number of allylic oxidation sites excluding steroid dienone is 2. The third kappa shape index (κ3) is 4.02. The Hall–Kier alpha value is -3.53. The predicted octanol–water partition coefficient (Wildman–Crippen LogP) is 6.77. The van der Waals surface area contributed by atoms with Crippen molar-refractivity contribution in [1.82, 2.24) is 0 Å². The van der Waals surface area contributed by atoms with Crippen LogP contribution in [0.1, 0.15) is 66.2 Å². The highest BCUT2D eigenvalue weighted by atomic mass is 16.3. The van der Waals surface area contributed by atoms with Crippen LogP contribution in [0.3, 0.4) is 0 Å². The Kier molecular flexibility index (Phi) is 5.24. The molecule has 0 spiro atoms. The number of benzene rings is 3. The number of para-hydroxylation sites is 1. The van der Waals surface area contributed by atoms with E-state index in [2.05, 4.69) is 49.6 Å². The molecule has 1 aliphatic carbocycles. The van der Waals surface area contributed by atoms with E-state index in [1.54, 1.807) is 6.07 Å². The summed E-state index contributed by atoms with van der Waals surface area (Å²) in [6, 6.07) is 21.5. The Labute approximate surface area is 195 Å². The van der Waals surface area contributed by atoms with E-state index in [0.29, 0.717) is 17.2 Å². The van der Waals surface area contributed by atoms with Gasteiger partial charge in [-0.1, -0.05) is 63.3 Å². The molecule has 0 fully saturated rings. The van der Waals surface area contributed by atoms with Gasteiger partial charge < -0.3 is 15.7 Å². The Balaban J connectivity index is 1.39. The van der Waals surface area contributed by atoms with Crippen LogP contribution in [-0.2, 0) is 5.41 Å². The number of fused-ring (bicyclic) bond motifs is 3. The summed E-state index contributed by atoms with van der Waals surface area (Å²) in [5.74, 6) is 0.783. The molecule has 4 heteroatoms. The van der Waals surface area contributed by atoms with E-state index in [1.807, 2.05) is 54.6 Å². The van der Waals surface area contributed by atoms with Crippen molar-refractivity contribution in [1.29, 1.82) is 0 Å². The summed E-state index contributed by atoms with van der Waals surface area (Å²) in [6.07, 6.45) is 5.43. The molecule has 5 rings (SSSR count). The molecule has 4 nitrogen and oxygen atoms in total. The molecule has 0 saturated heterocycles. The molecule has 3 atom stereocenters. The van der Waals surface area contributed by atoms with Crippen LogP contribution in [-0.4, -0.2) is 11.0 Å². The second kappa shape index (κ2) is 8.11. The van der Waals surface area contributed by atoms with Gasteiger partial charge in [0.2, 0.25) is 0 Å². The molecule has 3 aromatic carbocycles. The molecule has 3 unspecified atom stereocenters. The maximum atomic E-state index is 12.9. The van der Waals surface area contributed by atoms with Crippen LogP contribution >= 0.6 is 0 Å². The van der Waals surface area contributed by atoms with Crippen LogP contribution in [0.2, 0.25) is 0 Å². The van der Waals surface area contributed by atoms with Crippen molar-refractivity contribution in [3.05, 3.63) is 101 Å². The molecule has 0 saturated carbocycles. The van der Waals surface area contributed by atoms with E-state index < -0.39 is 0 Å². The zero-order valence-electron chi connectivity index (χ0n) is 19.3. The first-order valence-electron chi connectivity index (χ1n) is 11.6. The molecular formula is C29H30N2O2. The quantitative estimate of drug-likeness (QED) is 0.396. The van der Waals surface area contributed by atoms with Gasteiger partial charge in [0.1, 0.15) is 5.75 Å². The normalized spacial score (nSPS) is 21.1. The van der Waals surface area contributed by atoms with Crippen molar-refractivity contribution in [3.63, 3.8) is 0 Å². The molecule has 168 valence electrons. The summed E-state index contributed by atoms with van der Waals surface area (Å²) in [4.78, 5) is 12.9. The topological polar surface area (TPSA) is 61.4 Å². The highest BCUT2D eigenvalue weighted by Gasteiger charge is 2.38. The molecule has 1 aliphatic heterocycles. The fourth-order valence-corrected chi connectivity index (χ4v) is 5.06. The zero-order chi connectivity index (χ0) is 23.2. The SMILES string of the molecule is CC(C)(C)c1ccc(C(=O)Nc2ccc3c(c2)C2C=CCC2C(c2ccccc2O)N3)cc1. The minimum absolute atomic E-state index is 0.0421. The van der Waals surface area contributed by atoms with Crippen molar-refractivity contribution in [3.8, 4) is 5.75 Å². The third-order valence-electron chi connectivity index (χ3n) is 6.91. The van der Waals surface area contributed by atoms with Crippen LogP contribution in [0.15, 0.2) is 78.9 Å². The van der Waals surface area contributed by atoms with Gasteiger partial charge in [0.25, 0.3) is 5.91 Å². The number of rotatable bonds is 3. The van der Waals surface area contributed by atoms with Gasteiger partial charge in [0.05, 0.1) is 6.04 Å². The Morgan fingerprint density at radius 3 is 2.48 bits per heavy atom. The van der Waals surface area contributed by atoms with Gasteiger partial charge in [0, 0.05) is 28.4 Å². The number of anilines is 2. The summed E-state index contributed by atoms with van der Waals surface area (Å²) in [6.45, 7) is 6.49. The number of hydrogen-bond acceptors (Lipinski definition) is 3. The summed E-state index contributed by atoms with van der Waals surface area (Å²) in [5.41, 5.74) is 5.86. The minimum atomic E-state index is -0.107. The van der Waals surface area contributed by atoms with Crippen LogP contribution in [0, 0.1) is 5.92 Å². The van der Waals surface area contributed by atoms with E-state index in [4.69, 9.17) is 0 Å². The van der Waals surface area contributed by atoms with Gasteiger partial charge in [-0.15, -0.1) is 0 Å². The maximum Gasteiger partial charge on any atom is 0.255 e. The van der Waals surface area contributed by atoms with Gasteiger partial charge in [-0.25, -0.2) is 0 Å². The molecule has 0 radical (unpaired) electrons. The maximum absolute atomic E-state index is 12.9. The first kappa shape index (κ1) is 21.3. The number of phenolic OH excluding ortho intramolecular Hbond substituents is 1. The van der Waals surface area contributed by atoms with E-state index in [9.17, 15) is 9.90 Å². The lowest BCUT2D eigenvalue weighted by Crippen LogP contribution is -2.29. The molecule has 0 bridgehead atoms. The third-order valence-corrected chi connectivity index (χ3v) is 6.91. The fraction of sp³-hybridized carbons (Fsp3) is 0.276. The van der Waals surface area contributed by atoms with Crippen molar-refractivity contribution in [2.45, 2.75) is 44.6 Å². The summed E-state index contributed by atoms with van der Waals surface area (Å²) < 4.78 is 0. The summed E-state index contributed by atoms with van der Waals surface area (Å²) >= 11 is 0. The van der Waals surface area contributed by atoms with E-state index in [1.165, 1.54) is 11.1 Å². The van der Waals surface area contributed by atoms with Crippen molar-refractivity contribution >= 4 is 17.3 Å². The first-order valence-corrected chi connectivity index (χ1v) is 11.6. The van der Waals surface area contributed by atoms with E-state index in [-0.39, 0.29) is 23.3 Å². The zero-order valence-corrected chi connectivity index (χ0v) is 19.3. The number of aromatic hydroxyl groups is 1. The Bertz CT molecular complexity index is 1220. The van der Waals surface area contributed by atoms with Crippen LogP contribution < -0.4 is 10.6 Å². The Morgan fingerprint density at radius 2 is 1.76 bits per heavy atom. The van der Waals surface area contributed by atoms with E-state index in [0.717, 1.165) is 23.4 Å². The molecular weight excluding hydrogens is 408 g/mol. The van der Waals surface area contributed by atoms with Crippen LogP contribution in [0.5, 0.6) is 5.75 Å². The molecule has 3 aromatic rings. The summed E-state index contributed by atoms with van der Waals surface area (Å²) in [7, 11) is 0. The highest BCUT2D eigenvalue weighted by molar-refractivity contribution is 6.04. The van der Waals surface area contributed by atoms with Crippen molar-refractivity contribution in [2.24, 2.45) is 5.92 Å². The second-order valence-corrected chi connectivity index (χ2v) is 10.1. The lowest BCUT2D eigenvalue weighted by atomic mass is 9.76. The minimum Gasteiger partial charge on any atom is -0.508 e. The average Bonchev–Trinajstić information content (AvgIpc) is 3.29. The standard InChI is InChI=1S/C29H30N2O2/c1-29(2,3)19-13-11-18(12-14-19)28(33)30-20-15-16-25-24(17-20)21-8-6-9-22(21)27(31-25)23-7-4-5-10-26(23)32/h4-8,10-17,21-22,27,31-32H,9H2,1-3H3,(H,30,33). The van der Waals surface area contributed by atoms with Crippen molar-refractivity contribution in [2.75, 3.05) is 10.6 Å². The lowest BCUT2D eigenvalue weighted by Gasteiger charge is -2.38. The lowest BCUT2D eigenvalue weighted by molar-refractivity contribution is 0.102. The average molecular weight is 439 g/mol. The smallest absolute Gasteiger partial charge is 0.255 e. The molecule has 0 aromatic heterocycles. The number of nitrogens with one attached hydrogen (secondary N) is 2. The predicted molar refractivity (Wildman–Crippen MR) is 134 cm³/mol. The number of carbonyl (C=O) groups excluding carboxylic acids is 1. The fourth-order valence-electron chi connectivity index (χ4n) is 5.06. The number of phenols is 1. The van der Waals surface area contributed by atoms with Gasteiger partial charge in [-0.3, -0.25) is 4.79 Å². The molecule has 3 N–H and O–H groups in total. The molecule has 1 heterocycles. The Morgan fingerprint density at radius 1 is 1.00 bits per heavy atom. The van der Waals surface area contributed by atoms with Crippen LogP contribution in [0.25, 0.3) is 0 Å². The first-order chi connectivity index (χ1) is 15.8. The number of carbonyl (C=O) groups is 1. The molecule has 1 amide bonds. The van der Waals surface area contributed by atoms with Gasteiger partial charge >= 0.3 is 0 Å². The molecule has 33 heavy (non-hydrogen) atoms. The monoisotopic (exact) mass is 438 g/mol.